The van der Waals surface area contributed by atoms with E-state index in [1.807, 2.05) is 0 Å². The third kappa shape index (κ3) is 4.75. The van der Waals surface area contributed by atoms with Crippen molar-refractivity contribution in [2.45, 2.75) is 31.9 Å². The number of amides is 3. The average Bonchev–Trinajstić information content (AvgIpc) is 2.92. The molecule has 3 rings (SSSR count). The molecule has 2 fully saturated rings. The normalized spacial score (nSPS) is 21.4. The third-order valence-electron chi connectivity index (χ3n) is 5.14. The third-order valence-corrected chi connectivity index (χ3v) is 5.47. The van der Waals surface area contributed by atoms with Gasteiger partial charge in [0.1, 0.15) is 6.54 Å². The van der Waals surface area contributed by atoms with Gasteiger partial charge in [0.25, 0.3) is 5.91 Å². The van der Waals surface area contributed by atoms with Gasteiger partial charge in [-0.15, -0.1) is 0 Å². The molecule has 1 N–H and O–H groups in total. The smallest absolute Gasteiger partial charge is 0.417 e. The largest absolute Gasteiger partial charge is 0.454 e. The number of anilines is 1. The minimum Gasteiger partial charge on any atom is -0.454 e. The highest BCUT2D eigenvalue weighted by atomic mass is 35.5. The molecule has 0 bridgehead atoms. The second kappa shape index (κ2) is 8.63. The van der Waals surface area contributed by atoms with Crippen LogP contribution in [0.4, 0.5) is 18.9 Å². The van der Waals surface area contributed by atoms with Crippen LogP contribution in [0.25, 0.3) is 0 Å². The second-order valence-electron chi connectivity index (χ2n) is 7.16. The maximum absolute atomic E-state index is 12.9. The molecule has 2 aliphatic rings. The fourth-order valence-corrected chi connectivity index (χ4v) is 3.95. The van der Waals surface area contributed by atoms with Crippen LogP contribution < -0.4 is 5.32 Å². The minimum absolute atomic E-state index is 0.179. The first kappa shape index (κ1) is 22.1. The Labute approximate surface area is 174 Å². The summed E-state index contributed by atoms with van der Waals surface area (Å²) in [4.78, 5) is 49.4. The van der Waals surface area contributed by atoms with Crippen molar-refractivity contribution in [1.29, 1.82) is 0 Å². The molecule has 1 saturated heterocycles. The summed E-state index contributed by atoms with van der Waals surface area (Å²) in [6.07, 6.45) is -1.80. The number of ether oxygens (including phenoxy) is 1. The number of fused-ring (bicyclic) bond motifs is 1. The highest BCUT2D eigenvalue weighted by molar-refractivity contribution is 6.31. The lowest BCUT2D eigenvalue weighted by Gasteiger charge is -2.19. The summed E-state index contributed by atoms with van der Waals surface area (Å²) in [5.74, 6) is -3.48. The number of nitrogens with one attached hydrogen (secondary N) is 1. The van der Waals surface area contributed by atoms with Gasteiger partial charge < -0.3 is 10.1 Å². The van der Waals surface area contributed by atoms with Crippen molar-refractivity contribution in [3.05, 3.63) is 28.8 Å². The number of hydrogen-bond donors (Lipinski definition) is 1. The van der Waals surface area contributed by atoms with Gasteiger partial charge in [-0.1, -0.05) is 24.4 Å². The molecule has 0 radical (unpaired) electrons. The zero-order valence-electron chi connectivity index (χ0n) is 15.6. The number of nitrogens with zero attached hydrogens (tertiary/aromatic N) is 1. The molecule has 1 aliphatic heterocycles. The Balaban J connectivity index is 1.52. The van der Waals surface area contributed by atoms with Crippen molar-refractivity contribution >= 4 is 41.0 Å². The van der Waals surface area contributed by atoms with Gasteiger partial charge in [0.15, 0.2) is 6.61 Å². The monoisotopic (exact) mass is 446 g/mol. The van der Waals surface area contributed by atoms with E-state index in [9.17, 15) is 32.3 Å². The number of carbonyl (C=O) groups excluding carboxylic acids is 4. The lowest BCUT2D eigenvalue weighted by atomic mass is 9.81. The Bertz CT molecular complexity index is 865. The van der Waals surface area contributed by atoms with E-state index in [1.54, 1.807) is 0 Å². The molecular weight excluding hydrogens is 429 g/mol. The molecule has 1 heterocycles. The summed E-state index contributed by atoms with van der Waals surface area (Å²) in [5.41, 5.74) is -1.30. The van der Waals surface area contributed by atoms with Gasteiger partial charge in [0.2, 0.25) is 11.8 Å². The zero-order valence-corrected chi connectivity index (χ0v) is 16.4. The molecule has 1 aromatic rings. The Morgan fingerprint density at radius 1 is 1.13 bits per heavy atom. The maximum Gasteiger partial charge on any atom is 0.417 e. The summed E-state index contributed by atoms with van der Waals surface area (Å²) in [7, 11) is 0. The first-order chi connectivity index (χ1) is 14.1. The van der Waals surface area contributed by atoms with Gasteiger partial charge in [-0.2, -0.15) is 13.2 Å². The molecule has 0 aromatic heterocycles. The van der Waals surface area contributed by atoms with Crippen molar-refractivity contribution in [2.24, 2.45) is 11.8 Å². The van der Waals surface area contributed by atoms with Crippen LogP contribution in [0.2, 0.25) is 5.02 Å². The Morgan fingerprint density at radius 2 is 1.73 bits per heavy atom. The van der Waals surface area contributed by atoms with E-state index >= 15 is 0 Å². The number of imide groups is 1. The summed E-state index contributed by atoms with van der Waals surface area (Å²) in [6, 6.07) is 2.81. The van der Waals surface area contributed by atoms with E-state index in [4.69, 9.17) is 16.3 Å². The predicted molar refractivity (Wildman–Crippen MR) is 98.2 cm³/mol. The van der Waals surface area contributed by atoms with E-state index in [0.29, 0.717) is 18.9 Å². The van der Waals surface area contributed by atoms with Crippen molar-refractivity contribution in [2.75, 3.05) is 18.5 Å². The molecule has 1 aliphatic carbocycles. The molecule has 11 heteroatoms. The van der Waals surface area contributed by atoms with E-state index in [0.717, 1.165) is 23.8 Å². The summed E-state index contributed by atoms with van der Waals surface area (Å²) < 4.78 is 43.3. The van der Waals surface area contributed by atoms with Gasteiger partial charge in [0, 0.05) is 5.69 Å². The van der Waals surface area contributed by atoms with Crippen LogP contribution in [0.5, 0.6) is 0 Å². The molecule has 3 amide bonds. The van der Waals surface area contributed by atoms with Gasteiger partial charge in [0.05, 0.1) is 22.4 Å². The summed E-state index contributed by atoms with van der Waals surface area (Å²) >= 11 is 5.51. The maximum atomic E-state index is 12.9. The van der Waals surface area contributed by atoms with E-state index < -0.39 is 65.4 Å². The van der Waals surface area contributed by atoms with Crippen LogP contribution >= 0.6 is 11.6 Å². The fraction of sp³-hybridized carbons (Fsp3) is 0.474. The molecule has 0 spiro atoms. The molecule has 0 unspecified atom stereocenters. The van der Waals surface area contributed by atoms with Gasteiger partial charge in [-0.05, 0) is 31.0 Å². The van der Waals surface area contributed by atoms with Crippen molar-refractivity contribution < 1.29 is 37.1 Å². The number of esters is 1. The summed E-state index contributed by atoms with van der Waals surface area (Å²) in [6.45, 7) is -1.39. The highest BCUT2D eigenvalue weighted by Gasteiger charge is 2.48. The first-order valence-corrected chi connectivity index (χ1v) is 9.63. The number of carbonyl (C=O) groups is 4. The standard InChI is InChI=1S/C19H18ClF3N2O5/c20-14-6-5-10(7-13(14)19(21,22)23)24-15(26)9-30-16(27)8-25-17(28)11-3-1-2-4-12(11)18(25)29/h5-7,11-12H,1-4,8-9H2,(H,24,26)/t11-,12+. The molecule has 162 valence electrons. The van der Waals surface area contributed by atoms with E-state index in [1.165, 1.54) is 6.07 Å². The SMILES string of the molecule is O=C(COC(=O)CN1C(=O)[C@H]2CCCC[C@H]2C1=O)Nc1ccc(Cl)c(C(F)(F)F)c1. The molecule has 2 atom stereocenters. The van der Waals surface area contributed by atoms with Crippen LogP contribution in [-0.4, -0.2) is 41.7 Å². The second-order valence-corrected chi connectivity index (χ2v) is 7.57. The van der Waals surface area contributed by atoms with E-state index in [-0.39, 0.29) is 5.69 Å². The number of rotatable bonds is 5. The molecule has 1 aromatic carbocycles. The number of likely N-dealkylation sites (tertiary alicyclic amines) is 1. The predicted octanol–water partition coefficient (Wildman–Crippen LogP) is 3.02. The topological polar surface area (TPSA) is 92.8 Å². The fourth-order valence-electron chi connectivity index (χ4n) is 3.72. The van der Waals surface area contributed by atoms with Crippen LogP contribution in [0.1, 0.15) is 31.2 Å². The first-order valence-electron chi connectivity index (χ1n) is 9.25. The Morgan fingerprint density at radius 3 is 2.30 bits per heavy atom. The van der Waals surface area contributed by atoms with Gasteiger partial charge >= 0.3 is 12.1 Å². The van der Waals surface area contributed by atoms with Crippen LogP contribution in [0.3, 0.4) is 0 Å². The van der Waals surface area contributed by atoms with Gasteiger partial charge in [-0.25, -0.2) is 0 Å². The molecule has 1 saturated carbocycles. The highest BCUT2D eigenvalue weighted by Crippen LogP contribution is 2.38. The van der Waals surface area contributed by atoms with Crippen LogP contribution in [-0.2, 0) is 30.1 Å². The van der Waals surface area contributed by atoms with E-state index in [2.05, 4.69) is 5.32 Å². The molecule has 7 nitrogen and oxygen atoms in total. The average molecular weight is 447 g/mol. The number of halogens is 4. The Kier molecular flexibility index (Phi) is 6.35. The van der Waals surface area contributed by atoms with Crippen LogP contribution in [0, 0.1) is 11.8 Å². The Hall–Kier alpha value is -2.62. The quantitative estimate of drug-likeness (QED) is 0.554. The van der Waals surface area contributed by atoms with Crippen molar-refractivity contribution in [1.82, 2.24) is 4.90 Å². The lowest BCUT2D eigenvalue weighted by Crippen LogP contribution is -2.37. The van der Waals surface area contributed by atoms with Crippen LogP contribution in [0.15, 0.2) is 18.2 Å². The number of hydrogen-bond acceptors (Lipinski definition) is 5. The molecule has 30 heavy (non-hydrogen) atoms. The zero-order chi connectivity index (χ0) is 22.1. The number of benzene rings is 1. The number of alkyl halides is 3. The van der Waals surface area contributed by atoms with Gasteiger partial charge in [-0.3, -0.25) is 24.1 Å². The summed E-state index contributed by atoms with van der Waals surface area (Å²) in [5, 5.41) is 1.65. The lowest BCUT2D eigenvalue weighted by molar-refractivity contribution is -0.154. The van der Waals surface area contributed by atoms with Crippen molar-refractivity contribution in [3.63, 3.8) is 0 Å². The molecular formula is C19H18ClF3N2O5. The minimum atomic E-state index is -4.70. The van der Waals surface area contributed by atoms with Crippen molar-refractivity contribution in [3.8, 4) is 0 Å².